The first-order chi connectivity index (χ1) is 26.6. The number of hydrogen-bond donors (Lipinski definition) is 1. The highest BCUT2D eigenvalue weighted by Gasteiger charge is 2.85. The van der Waals surface area contributed by atoms with Gasteiger partial charge in [-0.25, -0.2) is 4.79 Å². The molecule has 1 saturated heterocycles. The fourth-order valence-corrected chi connectivity index (χ4v) is 9.63. The molecule has 1 amide bonds. The van der Waals surface area contributed by atoms with E-state index in [2.05, 4.69) is 38.9 Å². The van der Waals surface area contributed by atoms with Crippen molar-refractivity contribution >= 4 is 6.09 Å². The Morgan fingerprint density at radius 3 is 2.05 bits per heavy atom. The lowest BCUT2D eigenvalue weighted by molar-refractivity contribution is -0.457. The number of carbonyl (C=O) groups excluding carboxylic acids is 1. The predicted molar refractivity (Wildman–Crippen MR) is 194 cm³/mol. The number of halogens is 9. The van der Waals surface area contributed by atoms with Crippen molar-refractivity contribution in [2.75, 3.05) is 65.6 Å². The standard InChI is InChI=1S/C40H58F9N3O5/c1-35(2,3)57-34(53)50-16-5-17-51-19-21-52(22-20-51)18-6-23-54-28-9-11-29-27(26-28)8-10-31-30(29)14-15-36(4)32(31)12-13-33(36)55-24-7-25-56-37(38(41,42)43,39(44,45)46)40(47,48)49/h9,11,26,30-33H,5-8,10,12-25H2,1-4H3,(H,50,53)/t30-,31-,32+,33+,36+/m1/s1. The molecule has 57 heavy (non-hydrogen) atoms. The van der Waals surface area contributed by atoms with E-state index in [1.165, 1.54) is 11.1 Å². The van der Waals surface area contributed by atoms with Crippen molar-refractivity contribution in [1.82, 2.24) is 15.1 Å². The fourth-order valence-electron chi connectivity index (χ4n) is 9.63. The third-order valence-corrected chi connectivity index (χ3v) is 12.4. The Morgan fingerprint density at radius 1 is 0.807 bits per heavy atom. The molecule has 5 atom stereocenters. The van der Waals surface area contributed by atoms with E-state index in [1.807, 2.05) is 26.8 Å². The van der Waals surface area contributed by atoms with Crippen molar-refractivity contribution in [3.8, 4) is 5.75 Å². The Balaban J connectivity index is 1.01. The first-order valence-corrected chi connectivity index (χ1v) is 20.2. The van der Waals surface area contributed by atoms with Gasteiger partial charge in [-0.2, -0.15) is 39.5 Å². The van der Waals surface area contributed by atoms with E-state index in [0.717, 1.165) is 90.0 Å². The second-order valence-electron chi connectivity index (χ2n) is 17.3. The summed E-state index contributed by atoms with van der Waals surface area (Å²) >= 11 is 0. The third-order valence-electron chi connectivity index (χ3n) is 12.4. The van der Waals surface area contributed by atoms with Gasteiger partial charge in [-0.05, 0) is 132 Å². The molecule has 0 unspecified atom stereocenters. The monoisotopic (exact) mass is 831 g/mol. The van der Waals surface area contributed by atoms with Crippen LogP contribution in [0.15, 0.2) is 18.2 Å². The molecule has 17 heteroatoms. The van der Waals surface area contributed by atoms with Crippen LogP contribution in [0.25, 0.3) is 0 Å². The summed E-state index contributed by atoms with van der Waals surface area (Å²) in [6, 6.07) is 6.38. The molecule has 0 spiro atoms. The second-order valence-corrected chi connectivity index (χ2v) is 17.3. The van der Waals surface area contributed by atoms with Gasteiger partial charge in [0.2, 0.25) is 0 Å². The van der Waals surface area contributed by atoms with Gasteiger partial charge < -0.3 is 34.1 Å². The summed E-state index contributed by atoms with van der Waals surface area (Å²) in [5.41, 5.74) is -4.42. The maximum absolute atomic E-state index is 13.2. The van der Waals surface area contributed by atoms with Crippen LogP contribution < -0.4 is 10.1 Å². The Bertz CT molecular complexity index is 1440. The van der Waals surface area contributed by atoms with E-state index >= 15 is 0 Å². The summed E-state index contributed by atoms with van der Waals surface area (Å²) in [5.74, 6) is 1.90. The third kappa shape index (κ3) is 10.6. The Labute approximate surface area is 329 Å². The molecular formula is C40H58F9N3O5. The first-order valence-electron chi connectivity index (χ1n) is 20.2. The van der Waals surface area contributed by atoms with Crippen molar-refractivity contribution in [3.63, 3.8) is 0 Å². The summed E-state index contributed by atoms with van der Waals surface area (Å²) in [6.07, 6.45) is -14.6. The number of piperazine rings is 1. The largest absolute Gasteiger partial charge is 0.494 e. The maximum Gasteiger partial charge on any atom is 0.435 e. The van der Waals surface area contributed by atoms with Gasteiger partial charge in [-0.15, -0.1) is 0 Å². The molecule has 5 rings (SSSR count). The first kappa shape index (κ1) is 45.6. The SMILES string of the molecule is CC(C)(C)OC(=O)NCCCN1CCN(CCCOc2ccc3c(c2)CC[C@@H]2[C@@H]3CC[C@]3(C)[C@@H](OCCCOC(C(F)(F)F)(C(F)(F)F)C(F)(F)F)CC[C@@H]23)CC1. The van der Waals surface area contributed by atoms with Crippen LogP contribution in [-0.2, 0) is 20.6 Å². The molecule has 3 aliphatic carbocycles. The van der Waals surface area contributed by atoms with Gasteiger partial charge in [0.1, 0.15) is 11.4 Å². The average Bonchev–Trinajstić information content (AvgIpc) is 3.44. The summed E-state index contributed by atoms with van der Waals surface area (Å²) in [6.45, 7) is 12.9. The van der Waals surface area contributed by atoms with Crippen LogP contribution in [0.2, 0.25) is 0 Å². The van der Waals surface area contributed by atoms with Crippen LogP contribution in [0.5, 0.6) is 5.75 Å². The molecule has 4 aliphatic rings. The van der Waals surface area contributed by atoms with Crippen molar-refractivity contribution in [2.45, 2.75) is 127 Å². The number of aryl methyl sites for hydroxylation is 1. The topological polar surface area (TPSA) is 72.5 Å². The van der Waals surface area contributed by atoms with Crippen LogP contribution >= 0.6 is 0 Å². The molecule has 326 valence electrons. The van der Waals surface area contributed by atoms with E-state index in [-0.39, 0.29) is 24.2 Å². The zero-order valence-corrected chi connectivity index (χ0v) is 33.3. The molecule has 1 heterocycles. The molecule has 3 fully saturated rings. The van der Waals surface area contributed by atoms with E-state index < -0.39 is 42.8 Å². The van der Waals surface area contributed by atoms with Gasteiger partial charge in [-0.1, -0.05) is 13.0 Å². The molecular weight excluding hydrogens is 773 g/mol. The highest BCUT2D eigenvalue weighted by Crippen LogP contribution is 2.62. The van der Waals surface area contributed by atoms with Gasteiger partial charge in [0, 0.05) is 45.9 Å². The Kier molecular flexibility index (Phi) is 14.4. The van der Waals surface area contributed by atoms with Crippen molar-refractivity contribution in [3.05, 3.63) is 29.3 Å². The van der Waals surface area contributed by atoms with Gasteiger partial charge in [0.15, 0.2) is 0 Å². The lowest BCUT2D eigenvalue weighted by Crippen LogP contribution is -2.67. The van der Waals surface area contributed by atoms with Gasteiger partial charge in [0.25, 0.3) is 0 Å². The highest BCUT2D eigenvalue weighted by atomic mass is 19.4. The van der Waals surface area contributed by atoms with E-state index in [0.29, 0.717) is 37.3 Å². The number of amides is 1. The summed E-state index contributed by atoms with van der Waals surface area (Å²) < 4.78 is 140. The number of fused-ring (bicyclic) bond motifs is 5. The zero-order valence-electron chi connectivity index (χ0n) is 33.3. The fraction of sp³-hybridized carbons (Fsp3) is 0.825. The van der Waals surface area contributed by atoms with Crippen LogP contribution in [0.1, 0.15) is 96.1 Å². The van der Waals surface area contributed by atoms with Crippen LogP contribution in [0.3, 0.4) is 0 Å². The second kappa shape index (κ2) is 18.0. The van der Waals surface area contributed by atoms with Crippen molar-refractivity contribution < 1.29 is 63.3 Å². The number of alkyl halides is 9. The smallest absolute Gasteiger partial charge is 0.435 e. The molecule has 1 N–H and O–H groups in total. The number of rotatable bonds is 15. The molecule has 0 bridgehead atoms. The van der Waals surface area contributed by atoms with E-state index in [9.17, 15) is 44.3 Å². The minimum absolute atomic E-state index is 0.260. The summed E-state index contributed by atoms with van der Waals surface area (Å²) in [4.78, 5) is 16.7. The zero-order chi connectivity index (χ0) is 41.9. The van der Waals surface area contributed by atoms with Gasteiger partial charge >= 0.3 is 30.2 Å². The van der Waals surface area contributed by atoms with E-state index in [1.54, 1.807) is 0 Å². The Morgan fingerprint density at radius 2 is 1.44 bits per heavy atom. The van der Waals surface area contributed by atoms with E-state index in [4.69, 9.17) is 14.2 Å². The average molecular weight is 832 g/mol. The minimum Gasteiger partial charge on any atom is -0.494 e. The normalized spacial score (nSPS) is 26.4. The number of benzene rings is 1. The van der Waals surface area contributed by atoms with Crippen LogP contribution in [0.4, 0.5) is 44.3 Å². The van der Waals surface area contributed by atoms with Crippen LogP contribution in [0, 0.1) is 17.3 Å². The number of nitrogens with zero attached hydrogens (tertiary/aromatic N) is 2. The molecule has 0 aromatic heterocycles. The highest BCUT2D eigenvalue weighted by molar-refractivity contribution is 5.67. The number of carbonyl (C=O) groups is 1. The number of nitrogens with one attached hydrogen (secondary N) is 1. The van der Waals surface area contributed by atoms with Gasteiger partial charge in [0.05, 0.1) is 19.3 Å². The molecule has 1 aromatic rings. The number of ether oxygens (including phenoxy) is 4. The summed E-state index contributed by atoms with van der Waals surface area (Å²) in [5, 5.41) is 2.81. The Hall–Kier alpha value is -2.50. The number of hydrogen-bond acceptors (Lipinski definition) is 7. The van der Waals surface area contributed by atoms with Crippen molar-refractivity contribution in [1.29, 1.82) is 0 Å². The quantitative estimate of drug-likeness (QED) is 0.140. The molecule has 8 nitrogen and oxygen atoms in total. The molecule has 1 aliphatic heterocycles. The summed E-state index contributed by atoms with van der Waals surface area (Å²) in [7, 11) is 0. The lowest BCUT2D eigenvalue weighted by Gasteiger charge is -2.50. The molecule has 1 aromatic carbocycles. The van der Waals surface area contributed by atoms with Crippen molar-refractivity contribution in [2.24, 2.45) is 17.3 Å². The molecule has 0 radical (unpaired) electrons. The van der Waals surface area contributed by atoms with Gasteiger partial charge in [-0.3, -0.25) is 0 Å². The maximum atomic E-state index is 13.2. The molecule has 2 saturated carbocycles. The van der Waals surface area contributed by atoms with Crippen LogP contribution in [-0.4, -0.2) is 117 Å². The predicted octanol–water partition coefficient (Wildman–Crippen LogP) is 9.06. The lowest BCUT2D eigenvalue weighted by atomic mass is 9.55. The minimum atomic E-state index is -6.74. The number of alkyl carbamates (subject to hydrolysis) is 1.